The van der Waals surface area contributed by atoms with E-state index in [4.69, 9.17) is 19.8 Å². The molecule has 20 aromatic rings. The summed E-state index contributed by atoms with van der Waals surface area (Å²) < 4.78 is 21.3. The number of hydrogen-bond donors (Lipinski definition) is 2. The lowest BCUT2D eigenvalue weighted by atomic mass is 9.98. The second kappa shape index (κ2) is 43.5. The highest BCUT2D eigenvalue weighted by atomic mass is 16.5. The van der Waals surface area contributed by atoms with Gasteiger partial charge in [-0.3, -0.25) is 4.57 Å². The minimum absolute atomic E-state index is 0. The number of benzene rings is 15. The minimum Gasteiger partial charge on any atom is -0.508 e. The number of rotatable bonds is 21. The third-order valence-corrected chi connectivity index (χ3v) is 22.3. The second-order valence-corrected chi connectivity index (χ2v) is 30.3. The Morgan fingerprint density at radius 2 is 0.654 bits per heavy atom. The third-order valence-electron chi connectivity index (χ3n) is 22.3. The number of aromatic hydroxyl groups is 1. The van der Waals surface area contributed by atoms with Crippen molar-refractivity contribution >= 4 is 61.1 Å². The Morgan fingerprint density at radius 3 is 1.05 bits per heavy atom. The molecule has 0 bridgehead atoms. The van der Waals surface area contributed by atoms with Crippen molar-refractivity contribution in [2.45, 2.75) is 74.1 Å². The second-order valence-electron chi connectivity index (χ2n) is 30.3. The summed E-state index contributed by atoms with van der Waals surface area (Å²) in [7, 11) is 3.27. The van der Waals surface area contributed by atoms with Crippen LogP contribution in [0.25, 0.3) is 116 Å². The number of phenolic OH excluding ortho intramolecular Hbond substituents is 1. The number of carbonyl (C=O) groups is 1. The van der Waals surface area contributed by atoms with Crippen molar-refractivity contribution in [1.29, 1.82) is 15.8 Å². The number of nitriles is 3. The topological polar surface area (TPSA) is 236 Å². The maximum atomic E-state index is 11.2. The number of carboxylic acids is 1. The molecule has 18 heteroatoms. The number of hydrogen-bond acceptors (Lipinski definition) is 12. The molecule has 18 nitrogen and oxygen atoms in total. The van der Waals surface area contributed by atoms with Gasteiger partial charge < -0.3 is 38.0 Å². The molecule has 0 aliphatic heterocycles. The largest absolute Gasteiger partial charge is 0.508 e. The van der Waals surface area contributed by atoms with E-state index in [2.05, 4.69) is 212 Å². The van der Waals surface area contributed by atoms with E-state index in [0.29, 0.717) is 16.9 Å². The van der Waals surface area contributed by atoms with E-state index in [9.17, 15) is 20.4 Å². The Kier molecular flexibility index (Phi) is 30.4. The molecule has 0 aliphatic carbocycles. The Morgan fingerprint density at radius 1 is 0.315 bits per heavy atom. The van der Waals surface area contributed by atoms with Crippen molar-refractivity contribution in [3.05, 3.63) is 428 Å². The van der Waals surface area contributed by atoms with E-state index in [1.54, 1.807) is 38.5 Å². The first-order valence-electron chi connectivity index (χ1n) is 41.7. The van der Waals surface area contributed by atoms with Gasteiger partial charge in [0.25, 0.3) is 0 Å². The summed E-state index contributed by atoms with van der Waals surface area (Å²) in [5.41, 5.74) is 28.9. The van der Waals surface area contributed by atoms with E-state index in [1.165, 1.54) is 50.5 Å². The average molecular weight is 1710 g/mol. The SMILES string of the molecule is C.C.C.COc1ccc(-c2ccc(CCn3cnc4ccccc43)cc2)cc1C#N.COc1cccc(-c2ccc(CCn3cnc4ccccc43)cc2)c1.N#Cc1cc(-c2ccc(CCn3cnc4ccccc43)cc2)ccc1C(=O)O.N#Cc1cccc(-c2ccc(CCn3cnc4ccccc43)cc2)c1.Oc1cccc(-c2cccc(-n3cnc4ccccc43)c2)c1. The number of phenols is 1. The lowest BCUT2D eigenvalue weighted by Gasteiger charge is -2.08. The van der Waals surface area contributed by atoms with Gasteiger partial charge in [-0.2, -0.15) is 15.8 Å². The third kappa shape index (κ3) is 22.0. The van der Waals surface area contributed by atoms with Crippen LogP contribution in [0.5, 0.6) is 17.2 Å². The molecule has 20 rings (SSSR count). The molecule has 0 atom stereocenters. The number of aromatic nitrogens is 10. The number of methoxy groups -OCH3 is 2. The van der Waals surface area contributed by atoms with E-state index < -0.39 is 5.97 Å². The van der Waals surface area contributed by atoms with Crippen molar-refractivity contribution in [3.63, 3.8) is 0 Å². The predicted octanol–water partition coefficient (Wildman–Crippen LogP) is 25.4. The molecule has 642 valence electrons. The van der Waals surface area contributed by atoms with E-state index in [0.717, 1.165) is 152 Å². The molecule has 5 aromatic heterocycles. The molecule has 15 aromatic carbocycles. The molecule has 0 unspecified atom stereocenters. The van der Waals surface area contributed by atoms with Crippen molar-refractivity contribution in [1.82, 2.24) is 47.8 Å². The molecule has 0 saturated carbocycles. The van der Waals surface area contributed by atoms with Crippen LogP contribution in [0.2, 0.25) is 0 Å². The molecule has 0 saturated heterocycles. The zero-order valence-electron chi connectivity index (χ0n) is 70.0. The normalized spacial score (nSPS) is 10.5. The maximum Gasteiger partial charge on any atom is 0.337 e. The molecule has 5 heterocycles. The fraction of sp³-hybridized carbons (Fsp3) is 0.116. The van der Waals surface area contributed by atoms with Gasteiger partial charge in [0.05, 0.1) is 123 Å². The van der Waals surface area contributed by atoms with E-state index >= 15 is 0 Å². The van der Waals surface area contributed by atoms with Gasteiger partial charge in [0.15, 0.2) is 0 Å². The molecule has 2 N–H and O–H groups in total. The summed E-state index contributed by atoms with van der Waals surface area (Å²) in [6, 6.07) is 123. The van der Waals surface area contributed by atoms with Gasteiger partial charge in [0, 0.05) is 31.9 Å². The van der Waals surface area contributed by atoms with Crippen molar-refractivity contribution in [3.8, 4) is 96.8 Å². The molecular formula is C112H99N13O5. The zero-order valence-corrected chi connectivity index (χ0v) is 70.0. The molecule has 0 spiro atoms. The van der Waals surface area contributed by atoms with Crippen LogP contribution in [0.15, 0.2) is 383 Å². The van der Waals surface area contributed by atoms with E-state index in [1.807, 2.05) is 208 Å². The van der Waals surface area contributed by atoms with Crippen molar-refractivity contribution in [2.75, 3.05) is 14.2 Å². The fourth-order valence-corrected chi connectivity index (χ4v) is 15.4. The van der Waals surface area contributed by atoms with Gasteiger partial charge in [-0.15, -0.1) is 0 Å². The number of aryl methyl sites for hydroxylation is 8. The quantitative estimate of drug-likeness (QED) is 0.0682. The average Bonchev–Trinajstić information content (AvgIpc) is 1.01. The highest BCUT2D eigenvalue weighted by Crippen LogP contribution is 2.32. The lowest BCUT2D eigenvalue weighted by Crippen LogP contribution is -2.00. The number of fused-ring (bicyclic) bond motifs is 5. The Balaban J connectivity index is 0.000000138. The Labute approximate surface area is 757 Å². The first-order chi connectivity index (χ1) is 62.4. The van der Waals surface area contributed by atoms with Gasteiger partial charge in [-0.1, -0.05) is 241 Å². The first kappa shape index (κ1) is 90.7. The summed E-state index contributed by atoms with van der Waals surface area (Å²) in [4.78, 5) is 33.3. The van der Waals surface area contributed by atoms with Crippen LogP contribution in [0, 0.1) is 34.0 Å². The molecule has 0 radical (unpaired) electrons. The highest BCUT2D eigenvalue weighted by molar-refractivity contribution is 5.92. The number of carboxylic acid groups (broad SMARTS) is 1. The van der Waals surface area contributed by atoms with E-state index in [-0.39, 0.29) is 39.2 Å². The summed E-state index contributed by atoms with van der Waals surface area (Å²) in [6.45, 7) is 3.57. The fourth-order valence-electron chi connectivity index (χ4n) is 15.4. The summed E-state index contributed by atoms with van der Waals surface area (Å²) in [5.74, 6) is 0.667. The predicted molar refractivity (Wildman–Crippen MR) is 524 cm³/mol. The monoisotopic (exact) mass is 1710 g/mol. The van der Waals surface area contributed by atoms with Crippen LogP contribution in [-0.2, 0) is 51.9 Å². The molecule has 0 amide bonds. The van der Waals surface area contributed by atoms with Gasteiger partial charge in [-0.25, -0.2) is 29.7 Å². The van der Waals surface area contributed by atoms with Gasteiger partial charge in [0.2, 0.25) is 0 Å². The summed E-state index contributed by atoms with van der Waals surface area (Å²) >= 11 is 0. The van der Waals surface area contributed by atoms with Crippen LogP contribution in [-0.4, -0.2) is 78.2 Å². The number of para-hydroxylation sites is 10. The number of aromatic carboxylic acids is 1. The molecule has 0 aliphatic rings. The lowest BCUT2D eigenvalue weighted by molar-refractivity contribution is 0.0696. The Hall–Kier alpha value is -17.0. The maximum absolute atomic E-state index is 11.2. The van der Waals surface area contributed by atoms with Crippen LogP contribution in [0.4, 0.5) is 0 Å². The van der Waals surface area contributed by atoms with Crippen LogP contribution in [0.3, 0.4) is 0 Å². The Bertz CT molecular complexity index is 7350. The molecule has 0 fully saturated rings. The highest BCUT2D eigenvalue weighted by Gasteiger charge is 2.15. The summed E-state index contributed by atoms with van der Waals surface area (Å²) in [5, 5.41) is 46.3. The van der Waals surface area contributed by atoms with Crippen LogP contribution >= 0.6 is 0 Å². The van der Waals surface area contributed by atoms with Crippen LogP contribution < -0.4 is 9.47 Å². The van der Waals surface area contributed by atoms with Crippen molar-refractivity contribution < 1.29 is 24.5 Å². The number of imidazole rings is 5. The molecular weight excluding hydrogens is 1610 g/mol. The van der Waals surface area contributed by atoms with Crippen molar-refractivity contribution in [2.24, 2.45) is 0 Å². The smallest absolute Gasteiger partial charge is 0.337 e. The van der Waals surface area contributed by atoms with Gasteiger partial charge in [0.1, 0.15) is 35.7 Å². The van der Waals surface area contributed by atoms with Crippen LogP contribution in [0.1, 0.15) is 71.6 Å². The standard InChI is InChI=1S/C23H17N3O2.C23H19N3O.C22H17N3.C22H20N2O.C19H14N2O.3CH4/c24-14-19-13-18(9-10-20(19)23(27)28)17-7-5-16(6-8-17)11-12-26-15-25-21-3-1-2-4-22(21)26;1-27-23-11-10-19(14-20(23)15-24)18-8-6-17(7-9-18)12-13-26-16-25-21-4-2-3-5-22(21)26;23-15-18-4-3-5-20(14-18)19-10-8-17(9-11-19)12-13-25-16-24-21-6-1-2-7-22(21)25;1-25-20-6-4-5-19(15-20)18-11-9-17(10-12-18)13-14-24-16-23-21-7-2-3-8-22(21)24;22-17-8-4-6-15(12-17)14-5-3-7-16(11-14)21-13-20-18-9-1-2-10-19(18)21;;;/h1-10,13,15H,11-12H2,(H,27,28);2-11,14,16H,12-13H2,1H3;1-11,14,16H,12-13H2;2-12,15-16H,13-14H2,1H3;1-13,22H;3*1H4. The van der Waals surface area contributed by atoms with Gasteiger partial charge in [-0.05, 0) is 237 Å². The number of nitrogens with zero attached hydrogens (tertiary/aromatic N) is 13. The molecule has 130 heavy (non-hydrogen) atoms. The minimum atomic E-state index is -1.09. The zero-order chi connectivity index (χ0) is 87.2. The van der Waals surface area contributed by atoms with Gasteiger partial charge >= 0.3 is 5.97 Å². The first-order valence-corrected chi connectivity index (χ1v) is 41.7. The number of ether oxygens (including phenoxy) is 2. The summed E-state index contributed by atoms with van der Waals surface area (Å²) in [6.07, 6.45) is 13.2.